The maximum absolute atomic E-state index is 2.31. The molecule has 6 aromatic carbocycles. The summed E-state index contributed by atoms with van der Waals surface area (Å²) in [5.74, 6) is 0. The molecule has 0 amide bonds. The van der Waals surface area contributed by atoms with E-state index in [2.05, 4.69) is 147 Å². The third-order valence-electron chi connectivity index (χ3n) is 7.12. The van der Waals surface area contributed by atoms with E-state index in [-0.39, 0.29) is 24.8 Å². The molecule has 0 N–H and O–H groups in total. The molecule has 0 saturated heterocycles. The second-order valence-corrected chi connectivity index (χ2v) is 11.5. The van der Waals surface area contributed by atoms with E-state index in [1.165, 1.54) is 110 Å². The van der Waals surface area contributed by atoms with Gasteiger partial charge in [0, 0.05) is 0 Å². The predicted molar refractivity (Wildman–Crippen MR) is 172 cm³/mol. The van der Waals surface area contributed by atoms with Crippen molar-refractivity contribution >= 4 is 24.8 Å². The Kier molecular flexibility index (Phi) is 16.6. The summed E-state index contributed by atoms with van der Waals surface area (Å²) in [6.45, 7) is 4.48. The molecule has 216 valence electrons. The minimum absolute atomic E-state index is 0. The number of fused-ring (bicyclic) bond motifs is 2. The van der Waals surface area contributed by atoms with Gasteiger partial charge in [0.1, 0.15) is 0 Å². The van der Waals surface area contributed by atoms with Gasteiger partial charge in [0.2, 0.25) is 0 Å². The molecule has 0 aliphatic carbocycles. The van der Waals surface area contributed by atoms with Crippen LogP contribution in [0.2, 0.25) is 0 Å². The molecular weight excluding hydrogens is 631 g/mol. The van der Waals surface area contributed by atoms with E-state index in [9.17, 15) is 0 Å². The van der Waals surface area contributed by atoms with Gasteiger partial charge in [-0.25, -0.2) is 0 Å². The van der Waals surface area contributed by atoms with Crippen LogP contribution < -0.4 is 24.8 Å². The molecule has 0 spiro atoms. The van der Waals surface area contributed by atoms with E-state index in [4.69, 9.17) is 0 Å². The molecule has 0 bridgehead atoms. The van der Waals surface area contributed by atoms with Crippen molar-refractivity contribution < 1.29 is 49.0 Å². The molecule has 0 fully saturated rings. The Morgan fingerprint density at radius 2 is 0.881 bits per heavy atom. The molecule has 0 aliphatic heterocycles. The van der Waals surface area contributed by atoms with Crippen molar-refractivity contribution in [2.75, 3.05) is 0 Å². The summed E-state index contributed by atoms with van der Waals surface area (Å²) in [5.41, 5.74) is 5.64. The SMILES string of the molecule is CCCCc1cc2ccccc2[cH-]1.CCCCc1cc2ccccc2[cH-]1.[Cl-].[Cl-].[Zr+2]=[C](c1ccccc1)c1ccccc1. The first-order valence-corrected chi connectivity index (χ1v) is 15.9. The van der Waals surface area contributed by atoms with Gasteiger partial charge in [-0.3, -0.25) is 0 Å². The Morgan fingerprint density at radius 1 is 0.524 bits per heavy atom. The minimum atomic E-state index is 0. The van der Waals surface area contributed by atoms with E-state index in [1.807, 2.05) is 0 Å². The van der Waals surface area contributed by atoms with Crippen molar-refractivity contribution in [1.29, 1.82) is 0 Å². The molecule has 0 heterocycles. The van der Waals surface area contributed by atoms with Gasteiger partial charge in [0.15, 0.2) is 0 Å². The van der Waals surface area contributed by atoms with Gasteiger partial charge < -0.3 is 24.8 Å². The van der Waals surface area contributed by atoms with Crippen molar-refractivity contribution in [1.82, 2.24) is 0 Å². The fourth-order valence-electron chi connectivity index (χ4n) is 4.86. The van der Waals surface area contributed by atoms with Gasteiger partial charge in [0.25, 0.3) is 0 Å². The van der Waals surface area contributed by atoms with Gasteiger partial charge in [-0.1, -0.05) is 51.7 Å². The van der Waals surface area contributed by atoms with Crippen LogP contribution >= 0.6 is 0 Å². The summed E-state index contributed by atoms with van der Waals surface area (Å²) >= 11 is 1.46. The van der Waals surface area contributed by atoms with E-state index >= 15 is 0 Å². The first kappa shape index (κ1) is 35.6. The molecule has 0 atom stereocenters. The average molecular weight is 671 g/mol. The molecule has 6 rings (SSSR count). The fourth-order valence-corrected chi connectivity index (χ4v) is 5.68. The Morgan fingerprint density at radius 3 is 1.24 bits per heavy atom. The van der Waals surface area contributed by atoms with Crippen molar-refractivity contribution in [2.24, 2.45) is 0 Å². The zero-order valence-corrected chi connectivity index (χ0v) is 28.7. The first-order chi connectivity index (χ1) is 19.7. The molecular formula is C39H40Cl2Zr-2. The molecule has 3 heteroatoms. The summed E-state index contributed by atoms with van der Waals surface area (Å²) in [6, 6.07) is 47.5. The van der Waals surface area contributed by atoms with E-state index in [0.717, 1.165) is 0 Å². The Bertz CT molecular complexity index is 1390. The molecule has 0 aromatic heterocycles. The van der Waals surface area contributed by atoms with Crippen molar-refractivity contribution in [3.05, 3.63) is 156 Å². The summed E-state index contributed by atoms with van der Waals surface area (Å²) in [7, 11) is 0. The van der Waals surface area contributed by atoms with Crippen LogP contribution in [0.15, 0.2) is 133 Å². The van der Waals surface area contributed by atoms with Gasteiger partial charge in [-0.05, 0) is 12.8 Å². The molecule has 0 saturated carbocycles. The number of hydrogen-bond donors (Lipinski definition) is 0. The van der Waals surface area contributed by atoms with Crippen LogP contribution in [0.5, 0.6) is 0 Å². The van der Waals surface area contributed by atoms with Crippen LogP contribution in [0, 0.1) is 0 Å². The molecule has 6 aromatic rings. The second-order valence-electron chi connectivity index (χ2n) is 10.3. The summed E-state index contributed by atoms with van der Waals surface area (Å²) in [4.78, 5) is 0. The van der Waals surface area contributed by atoms with Gasteiger partial charge in [-0.2, -0.15) is 12.1 Å². The molecule has 0 nitrogen and oxygen atoms in total. The predicted octanol–water partition coefficient (Wildman–Crippen LogP) is 4.61. The normalized spacial score (nSPS) is 10.0. The number of unbranched alkanes of at least 4 members (excludes halogenated alkanes) is 2. The van der Waals surface area contributed by atoms with Gasteiger partial charge >= 0.3 is 99.2 Å². The maximum atomic E-state index is 2.31. The molecule has 0 unspecified atom stereocenters. The topological polar surface area (TPSA) is 0 Å². The number of benzene rings is 4. The molecule has 0 aliphatic rings. The van der Waals surface area contributed by atoms with Gasteiger partial charge in [-0.15, -0.1) is 81.2 Å². The number of halogens is 2. The standard InChI is InChI=1S/C13H10.2C13H15.2ClH.Zr/c1-3-7-12(8-4-1)11-13-9-5-2-6-10-13;2*1-2-3-6-11-9-12-7-4-5-8-13(12)10-11;;;/h1-10H;2*4-5,7-10H,2-3,6H2,1H3;2*1H;/q;2*-1;;;+2/p-2. The summed E-state index contributed by atoms with van der Waals surface area (Å²) in [6.07, 6.45) is 7.62. The van der Waals surface area contributed by atoms with Crippen LogP contribution in [-0.4, -0.2) is 3.21 Å². The molecule has 0 radical (unpaired) electrons. The zero-order chi connectivity index (χ0) is 28.0. The van der Waals surface area contributed by atoms with Crippen LogP contribution in [0.4, 0.5) is 0 Å². The average Bonchev–Trinajstić information content (AvgIpc) is 3.64. The number of hydrogen-bond acceptors (Lipinski definition) is 0. The second kappa shape index (κ2) is 19.6. The summed E-state index contributed by atoms with van der Waals surface area (Å²) in [5, 5.41) is 5.53. The van der Waals surface area contributed by atoms with Crippen LogP contribution in [0.25, 0.3) is 21.5 Å². The third kappa shape index (κ3) is 10.9. The van der Waals surface area contributed by atoms with Crippen molar-refractivity contribution in [3.63, 3.8) is 0 Å². The van der Waals surface area contributed by atoms with E-state index in [0.29, 0.717) is 0 Å². The third-order valence-corrected chi connectivity index (χ3v) is 8.54. The number of aryl methyl sites for hydroxylation is 2. The van der Waals surface area contributed by atoms with Crippen molar-refractivity contribution in [3.8, 4) is 0 Å². The first-order valence-electron chi connectivity index (χ1n) is 14.7. The van der Waals surface area contributed by atoms with Crippen LogP contribution in [0.1, 0.15) is 61.8 Å². The quantitative estimate of drug-likeness (QED) is 0.208. The summed E-state index contributed by atoms with van der Waals surface area (Å²) < 4.78 is 1.42. The van der Waals surface area contributed by atoms with E-state index < -0.39 is 0 Å². The zero-order valence-electron chi connectivity index (χ0n) is 24.7. The Balaban J connectivity index is 0.000000215. The van der Waals surface area contributed by atoms with Crippen molar-refractivity contribution in [2.45, 2.75) is 52.4 Å². The van der Waals surface area contributed by atoms with Crippen LogP contribution in [0.3, 0.4) is 0 Å². The Labute approximate surface area is 280 Å². The molecule has 42 heavy (non-hydrogen) atoms. The Hall–Kier alpha value is -2.57. The van der Waals surface area contributed by atoms with E-state index in [1.54, 1.807) is 0 Å². The van der Waals surface area contributed by atoms with Crippen LogP contribution in [-0.2, 0) is 37.1 Å². The number of rotatable bonds is 8. The monoisotopic (exact) mass is 668 g/mol. The van der Waals surface area contributed by atoms with Gasteiger partial charge in [0.05, 0.1) is 0 Å². The fraction of sp³-hybridized carbons (Fsp3) is 0.205.